The Labute approximate surface area is 112 Å². The predicted octanol–water partition coefficient (Wildman–Crippen LogP) is 2.54. The van der Waals surface area contributed by atoms with Crippen molar-refractivity contribution in [3.63, 3.8) is 0 Å². The van der Waals surface area contributed by atoms with Crippen LogP contribution in [0.2, 0.25) is 0 Å². The van der Waals surface area contributed by atoms with Gasteiger partial charge in [0.25, 0.3) is 0 Å². The topological polar surface area (TPSA) is 28.2 Å². The summed E-state index contributed by atoms with van der Waals surface area (Å²) in [5.41, 5.74) is 1.25. The van der Waals surface area contributed by atoms with Crippen LogP contribution in [0.25, 0.3) is 0 Å². The minimum Gasteiger partial charge on any atom is -0.311 e. The van der Waals surface area contributed by atoms with Gasteiger partial charge in [0.2, 0.25) is 0 Å². The van der Waals surface area contributed by atoms with Gasteiger partial charge in [-0.2, -0.15) is 0 Å². The third kappa shape index (κ3) is 6.12. The van der Waals surface area contributed by atoms with Gasteiger partial charge in [-0.3, -0.25) is 4.98 Å². The summed E-state index contributed by atoms with van der Waals surface area (Å²) in [5, 5.41) is 3.46. The van der Waals surface area contributed by atoms with Gasteiger partial charge in [-0.25, -0.2) is 0 Å². The van der Waals surface area contributed by atoms with E-state index in [0.29, 0.717) is 6.04 Å². The lowest BCUT2D eigenvalue weighted by Gasteiger charge is -2.26. The Morgan fingerprint density at radius 3 is 2.72 bits per heavy atom. The molecule has 1 aromatic heterocycles. The second-order valence-corrected chi connectivity index (χ2v) is 5.50. The molecule has 0 saturated carbocycles. The minimum absolute atomic E-state index is 0.658. The van der Waals surface area contributed by atoms with Crippen LogP contribution >= 0.6 is 0 Å². The molecule has 0 radical (unpaired) electrons. The van der Waals surface area contributed by atoms with Gasteiger partial charge >= 0.3 is 0 Å². The Bertz CT molecular complexity index is 311. The quantitative estimate of drug-likeness (QED) is 0.718. The van der Waals surface area contributed by atoms with Gasteiger partial charge in [-0.15, -0.1) is 0 Å². The van der Waals surface area contributed by atoms with Crippen LogP contribution in [-0.2, 0) is 6.54 Å². The maximum Gasteiger partial charge on any atom is 0.0312 e. The minimum atomic E-state index is 0.658. The number of likely N-dealkylation sites (N-methyl/N-ethyl adjacent to an activating group) is 1. The van der Waals surface area contributed by atoms with E-state index in [1.54, 1.807) is 0 Å². The standard InChI is InChI=1S/C15H27N3/c1-13(2)10-14(3)18(4)9-8-17-12-15-6-5-7-16-11-15/h5-7,11,13-14,17H,8-10,12H2,1-4H3. The van der Waals surface area contributed by atoms with Crippen molar-refractivity contribution in [1.82, 2.24) is 15.2 Å². The second kappa shape index (κ2) is 8.22. The van der Waals surface area contributed by atoms with Crippen LogP contribution in [0.4, 0.5) is 0 Å². The summed E-state index contributed by atoms with van der Waals surface area (Å²) in [5.74, 6) is 0.769. The van der Waals surface area contributed by atoms with Crippen molar-refractivity contribution in [3.8, 4) is 0 Å². The largest absolute Gasteiger partial charge is 0.311 e. The van der Waals surface area contributed by atoms with Crippen molar-refractivity contribution in [1.29, 1.82) is 0 Å². The second-order valence-electron chi connectivity index (χ2n) is 5.50. The normalized spacial score (nSPS) is 13.2. The van der Waals surface area contributed by atoms with Gasteiger partial charge in [0.05, 0.1) is 0 Å². The van der Waals surface area contributed by atoms with Gasteiger partial charge in [-0.1, -0.05) is 19.9 Å². The number of hydrogen-bond acceptors (Lipinski definition) is 3. The van der Waals surface area contributed by atoms with Gasteiger partial charge in [-0.05, 0) is 37.9 Å². The van der Waals surface area contributed by atoms with Gasteiger partial charge in [0, 0.05) is 38.1 Å². The molecule has 1 atom stereocenters. The lowest BCUT2D eigenvalue weighted by atomic mass is 10.0. The molecule has 1 rings (SSSR count). The first-order valence-electron chi connectivity index (χ1n) is 6.89. The van der Waals surface area contributed by atoms with Gasteiger partial charge < -0.3 is 10.2 Å². The first kappa shape index (κ1) is 15.1. The van der Waals surface area contributed by atoms with Crippen LogP contribution in [-0.4, -0.2) is 36.1 Å². The van der Waals surface area contributed by atoms with E-state index in [2.05, 4.69) is 49.1 Å². The van der Waals surface area contributed by atoms with E-state index < -0.39 is 0 Å². The molecule has 0 spiro atoms. The highest BCUT2D eigenvalue weighted by Crippen LogP contribution is 2.08. The molecule has 0 aromatic carbocycles. The Balaban J connectivity index is 2.14. The van der Waals surface area contributed by atoms with Gasteiger partial charge in [0.1, 0.15) is 0 Å². The Morgan fingerprint density at radius 1 is 1.33 bits per heavy atom. The summed E-state index contributed by atoms with van der Waals surface area (Å²) in [6.07, 6.45) is 4.99. The molecule has 0 aliphatic carbocycles. The fourth-order valence-corrected chi connectivity index (χ4v) is 2.07. The SMILES string of the molecule is CC(C)CC(C)N(C)CCNCc1cccnc1. The maximum atomic E-state index is 4.11. The van der Waals surface area contributed by atoms with Crippen molar-refractivity contribution in [2.24, 2.45) is 5.92 Å². The molecule has 1 aromatic rings. The van der Waals surface area contributed by atoms with Crippen LogP contribution in [0.5, 0.6) is 0 Å². The third-order valence-electron chi connectivity index (χ3n) is 3.26. The molecule has 1 N–H and O–H groups in total. The first-order valence-corrected chi connectivity index (χ1v) is 6.89. The van der Waals surface area contributed by atoms with Gasteiger partial charge in [0.15, 0.2) is 0 Å². The lowest BCUT2D eigenvalue weighted by Crippen LogP contribution is -2.35. The molecule has 3 heteroatoms. The molecule has 0 fully saturated rings. The number of nitrogens with zero attached hydrogens (tertiary/aromatic N) is 2. The molecule has 3 nitrogen and oxygen atoms in total. The highest BCUT2D eigenvalue weighted by Gasteiger charge is 2.09. The summed E-state index contributed by atoms with van der Waals surface area (Å²) in [4.78, 5) is 6.54. The first-order chi connectivity index (χ1) is 8.59. The fourth-order valence-electron chi connectivity index (χ4n) is 2.07. The Hall–Kier alpha value is -0.930. The number of rotatable bonds is 8. The van der Waals surface area contributed by atoms with Crippen molar-refractivity contribution >= 4 is 0 Å². The van der Waals surface area contributed by atoms with E-state index in [0.717, 1.165) is 25.6 Å². The van der Waals surface area contributed by atoms with Crippen LogP contribution in [0.3, 0.4) is 0 Å². The summed E-state index contributed by atoms with van der Waals surface area (Å²) < 4.78 is 0. The number of nitrogens with one attached hydrogen (secondary N) is 1. The number of hydrogen-bond donors (Lipinski definition) is 1. The molecule has 1 unspecified atom stereocenters. The summed E-state index contributed by atoms with van der Waals surface area (Å²) in [6.45, 7) is 9.89. The zero-order valence-corrected chi connectivity index (χ0v) is 12.2. The average molecular weight is 249 g/mol. The molecule has 18 heavy (non-hydrogen) atoms. The molecule has 0 bridgehead atoms. The molecule has 0 aliphatic rings. The van der Waals surface area contributed by atoms with E-state index in [1.807, 2.05) is 18.5 Å². The van der Waals surface area contributed by atoms with Crippen molar-refractivity contribution in [3.05, 3.63) is 30.1 Å². The smallest absolute Gasteiger partial charge is 0.0312 e. The van der Waals surface area contributed by atoms with Crippen LogP contribution < -0.4 is 5.32 Å². The predicted molar refractivity (Wildman–Crippen MR) is 77.5 cm³/mol. The molecule has 102 valence electrons. The van der Waals surface area contributed by atoms with Crippen LogP contribution in [0.15, 0.2) is 24.5 Å². The zero-order chi connectivity index (χ0) is 13.4. The van der Waals surface area contributed by atoms with Crippen molar-refractivity contribution in [2.75, 3.05) is 20.1 Å². The van der Waals surface area contributed by atoms with E-state index >= 15 is 0 Å². The lowest BCUT2D eigenvalue weighted by molar-refractivity contribution is 0.228. The summed E-state index contributed by atoms with van der Waals surface area (Å²) in [7, 11) is 2.21. The van der Waals surface area contributed by atoms with Crippen molar-refractivity contribution < 1.29 is 0 Å². The third-order valence-corrected chi connectivity index (χ3v) is 3.26. The maximum absolute atomic E-state index is 4.11. The Kier molecular flexibility index (Phi) is 6.91. The molecular formula is C15H27N3. The van der Waals surface area contributed by atoms with Crippen molar-refractivity contribution in [2.45, 2.75) is 39.8 Å². The number of aromatic nitrogens is 1. The summed E-state index contributed by atoms with van der Waals surface area (Å²) in [6, 6.07) is 4.74. The molecule has 0 aliphatic heterocycles. The van der Waals surface area contributed by atoms with Crippen LogP contribution in [0, 0.1) is 5.92 Å². The monoisotopic (exact) mass is 249 g/mol. The van der Waals surface area contributed by atoms with Crippen LogP contribution in [0.1, 0.15) is 32.8 Å². The van der Waals surface area contributed by atoms with E-state index in [1.165, 1.54) is 12.0 Å². The molecule has 1 heterocycles. The average Bonchev–Trinajstić information content (AvgIpc) is 2.34. The number of pyridine rings is 1. The highest BCUT2D eigenvalue weighted by atomic mass is 15.1. The van der Waals surface area contributed by atoms with E-state index in [4.69, 9.17) is 0 Å². The summed E-state index contributed by atoms with van der Waals surface area (Å²) >= 11 is 0. The molecule has 0 saturated heterocycles. The highest BCUT2D eigenvalue weighted by molar-refractivity contribution is 5.07. The van der Waals surface area contributed by atoms with E-state index in [-0.39, 0.29) is 0 Å². The fraction of sp³-hybridized carbons (Fsp3) is 0.667. The zero-order valence-electron chi connectivity index (χ0n) is 12.2. The Morgan fingerprint density at radius 2 is 2.11 bits per heavy atom. The molecule has 0 amide bonds. The van der Waals surface area contributed by atoms with E-state index in [9.17, 15) is 0 Å². The molecular weight excluding hydrogens is 222 g/mol.